The van der Waals surface area contributed by atoms with Crippen LogP contribution in [0.2, 0.25) is 0 Å². The van der Waals surface area contributed by atoms with E-state index in [1.54, 1.807) is 0 Å². The molecular weight excluding hydrogens is 366 g/mol. The number of rotatable bonds is 4. The van der Waals surface area contributed by atoms with Crippen molar-refractivity contribution in [1.29, 1.82) is 0 Å². The van der Waals surface area contributed by atoms with Crippen molar-refractivity contribution < 1.29 is 0 Å². The lowest BCUT2D eigenvalue weighted by atomic mass is 10.4. The molecule has 20 heavy (non-hydrogen) atoms. The maximum Gasteiger partial charge on any atom is 0.0957 e. The second kappa shape index (κ2) is 10.7. The minimum atomic E-state index is -0.446. The highest BCUT2D eigenvalue weighted by Crippen LogP contribution is 1.98. The quantitative estimate of drug-likeness (QED) is 0.563. The summed E-state index contributed by atoms with van der Waals surface area (Å²) in [4.78, 5) is 0. The van der Waals surface area contributed by atoms with Gasteiger partial charge in [-0.25, -0.2) is 0 Å². The van der Waals surface area contributed by atoms with Gasteiger partial charge < -0.3 is 0 Å². The minimum absolute atomic E-state index is 0.151. The normalized spacial score (nSPS) is 11.5. The third kappa shape index (κ3) is 9.06. The van der Waals surface area contributed by atoms with Gasteiger partial charge in [-0.2, -0.15) is 0 Å². The van der Waals surface area contributed by atoms with Crippen LogP contribution in [0.1, 0.15) is 0 Å². The average molecular weight is 382 g/mol. The largest absolute Gasteiger partial charge is 0.110 e. The molecule has 6 heteroatoms. The molecule has 0 bridgehead atoms. The van der Waals surface area contributed by atoms with Crippen molar-refractivity contribution in [2.75, 3.05) is 0 Å². The van der Waals surface area contributed by atoms with Crippen LogP contribution in [-0.4, -0.2) is 28.0 Å². The third-order valence-corrected chi connectivity index (χ3v) is 6.82. The Bertz CT molecular complexity index is 418. The Labute approximate surface area is 145 Å². The Morgan fingerprint density at radius 3 is 1.10 bits per heavy atom. The lowest BCUT2D eigenvalue weighted by Crippen LogP contribution is -2.19. The van der Waals surface area contributed by atoms with E-state index < -0.39 is 19.0 Å². The molecule has 0 fully saturated rings. The molecule has 0 saturated carbocycles. The van der Waals surface area contributed by atoms with E-state index in [2.05, 4.69) is 24.3 Å². The summed E-state index contributed by atoms with van der Waals surface area (Å²) in [6.45, 7) is 0. The van der Waals surface area contributed by atoms with Crippen molar-refractivity contribution in [3.63, 3.8) is 0 Å². The van der Waals surface area contributed by atoms with Crippen LogP contribution < -0.4 is 10.4 Å². The Hall–Kier alpha value is 0.0338. The smallest absolute Gasteiger partial charge is 0.0957 e. The lowest BCUT2D eigenvalue weighted by molar-refractivity contribution is 1.75. The Kier molecular flexibility index (Phi) is 9.69. The molecule has 0 amide bonds. The fourth-order valence-corrected chi connectivity index (χ4v) is 5.52. The molecule has 0 N–H and O–H groups in total. The predicted octanol–water partition coefficient (Wildman–Crippen LogP) is 2.48. The highest BCUT2D eigenvalue weighted by Gasteiger charge is 2.00. The summed E-state index contributed by atoms with van der Waals surface area (Å²) in [5.41, 5.74) is 0. The van der Waals surface area contributed by atoms with Crippen LogP contribution >= 0.6 is 46.4 Å². The molecule has 2 aromatic rings. The first kappa shape index (κ1) is 18.1. The fourth-order valence-electron chi connectivity index (χ4n) is 1.58. The van der Waals surface area contributed by atoms with Crippen molar-refractivity contribution in [2.45, 2.75) is 8.92 Å². The molecule has 2 rings (SSSR count). The van der Waals surface area contributed by atoms with Crippen molar-refractivity contribution >= 4 is 75.8 Å². The molecular formula is C14H16Cl4Si2. The second-order valence-corrected chi connectivity index (χ2v) is 12.9. The third-order valence-electron chi connectivity index (χ3n) is 2.47. The first-order valence-electron chi connectivity index (χ1n) is 6.22. The van der Waals surface area contributed by atoms with Gasteiger partial charge in [-0.05, 0) is 0 Å². The summed E-state index contributed by atoms with van der Waals surface area (Å²) in [6.07, 6.45) is 0. The Morgan fingerprint density at radius 2 is 0.850 bits per heavy atom. The van der Waals surface area contributed by atoms with Gasteiger partial charge in [0.05, 0.1) is 28.0 Å². The van der Waals surface area contributed by atoms with E-state index in [-0.39, 0.29) is 8.92 Å². The molecule has 0 aromatic heterocycles. The zero-order chi connectivity index (χ0) is 14.8. The van der Waals surface area contributed by atoms with Gasteiger partial charge >= 0.3 is 0 Å². The number of alkyl halides is 4. The van der Waals surface area contributed by atoms with Gasteiger partial charge in [-0.3, -0.25) is 0 Å². The summed E-state index contributed by atoms with van der Waals surface area (Å²) >= 11 is 22.6. The van der Waals surface area contributed by atoms with Crippen LogP contribution in [0, 0.1) is 0 Å². The molecule has 0 radical (unpaired) electrons. The number of hydrogen-bond acceptors (Lipinski definition) is 0. The lowest BCUT2D eigenvalue weighted by Gasteiger charge is -1.97. The zero-order valence-electron chi connectivity index (χ0n) is 10.9. The summed E-state index contributed by atoms with van der Waals surface area (Å²) in [5.74, 6) is 0. The molecule has 0 aliphatic carbocycles. The Morgan fingerprint density at radius 1 is 0.550 bits per heavy atom. The summed E-state index contributed by atoms with van der Waals surface area (Å²) in [5, 5.41) is 2.63. The van der Waals surface area contributed by atoms with E-state index in [9.17, 15) is 0 Å². The molecule has 0 atom stereocenters. The summed E-state index contributed by atoms with van der Waals surface area (Å²) in [7, 11) is -0.892. The van der Waals surface area contributed by atoms with Gasteiger partial charge in [-0.15, -0.1) is 46.4 Å². The van der Waals surface area contributed by atoms with Gasteiger partial charge in [0.25, 0.3) is 0 Å². The van der Waals surface area contributed by atoms with E-state index >= 15 is 0 Å². The topological polar surface area (TPSA) is 0 Å². The standard InChI is InChI=1S/2C7H8Cl2Si/c2*8-7(9)10-6-4-2-1-3-5-6/h2*1-5,7H,10H2. The van der Waals surface area contributed by atoms with Crippen LogP contribution in [0.5, 0.6) is 0 Å². The van der Waals surface area contributed by atoms with Crippen LogP contribution in [-0.2, 0) is 0 Å². The molecule has 0 aliphatic rings. The molecule has 0 unspecified atom stereocenters. The van der Waals surface area contributed by atoms with Crippen molar-refractivity contribution in [2.24, 2.45) is 0 Å². The van der Waals surface area contributed by atoms with Gasteiger partial charge in [0.15, 0.2) is 0 Å². The first-order chi connectivity index (χ1) is 9.58. The molecule has 2 aromatic carbocycles. The summed E-state index contributed by atoms with van der Waals surface area (Å²) in [6, 6.07) is 20.3. The SMILES string of the molecule is ClC(Cl)[SiH2]c1ccccc1.ClC(Cl)[SiH2]c1ccccc1. The minimum Gasteiger partial charge on any atom is -0.110 e. The molecule has 0 aliphatic heterocycles. The van der Waals surface area contributed by atoms with Crippen LogP contribution in [0.15, 0.2) is 60.7 Å². The molecule has 0 saturated heterocycles. The number of hydrogen-bond donors (Lipinski definition) is 0. The van der Waals surface area contributed by atoms with E-state index in [0.717, 1.165) is 0 Å². The van der Waals surface area contributed by atoms with E-state index in [4.69, 9.17) is 46.4 Å². The van der Waals surface area contributed by atoms with Gasteiger partial charge in [0, 0.05) is 0 Å². The molecule has 108 valence electrons. The van der Waals surface area contributed by atoms with E-state index in [1.807, 2.05) is 36.4 Å². The van der Waals surface area contributed by atoms with Crippen molar-refractivity contribution in [3.8, 4) is 0 Å². The van der Waals surface area contributed by atoms with E-state index in [0.29, 0.717) is 0 Å². The predicted molar refractivity (Wildman–Crippen MR) is 100 cm³/mol. The second-order valence-electron chi connectivity index (χ2n) is 4.16. The molecule has 0 heterocycles. The molecule has 0 spiro atoms. The average Bonchev–Trinajstić information content (AvgIpc) is 2.40. The Balaban J connectivity index is 0.000000200. The maximum absolute atomic E-state index is 5.64. The maximum atomic E-state index is 5.64. The molecule has 0 nitrogen and oxygen atoms in total. The number of benzene rings is 2. The van der Waals surface area contributed by atoms with Gasteiger partial charge in [-0.1, -0.05) is 71.0 Å². The van der Waals surface area contributed by atoms with Crippen molar-refractivity contribution in [1.82, 2.24) is 0 Å². The van der Waals surface area contributed by atoms with Gasteiger partial charge in [0.1, 0.15) is 0 Å². The van der Waals surface area contributed by atoms with Crippen LogP contribution in [0.4, 0.5) is 0 Å². The van der Waals surface area contributed by atoms with E-state index in [1.165, 1.54) is 10.4 Å². The van der Waals surface area contributed by atoms with Crippen LogP contribution in [0.25, 0.3) is 0 Å². The van der Waals surface area contributed by atoms with Crippen molar-refractivity contribution in [3.05, 3.63) is 60.7 Å². The fraction of sp³-hybridized carbons (Fsp3) is 0.143. The number of halogens is 4. The highest BCUT2D eigenvalue weighted by molar-refractivity contribution is 6.76. The summed E-state index contributed by atoms with van der Waals surface area (Å²) < 4.78 is -0.301. The first-order valence-corrected chi connectivity index (χ1v) is 11.0. The monoisotopic (exact) mass is 380 g/mol. The van der Waals surface area contributed by atoms with Crippen LogP contribution in [0.3, 0.4) is 0 Å². The zero-order valence-corrected chi connectivity index (χ0v) is 16.7. The highest BCUT2D eigenvalue weighted by atomic mass is 35.5. The van der Waals surface area contributed by atoms with Gasteiger partial charge in [0.2, 0.25) is 0 Å².